The van der Waals surface area contributed by atoms with Crippen LogP contribution in [0.4, 0.5) is 0 Å². The van der Waals surface area contributed by atoms with E-state index in [1.54, 1.807) is 0 Å². The Morgan fingerprint density at radius 2 is 2.18 bits per heavy atom. The fourth-order valence-corrected chi connectivity index (χ4v) is 1.03. The van der Waals surface area contributed by atoms with Crippen molar-refractivity contribution in [1.82, 2.24) is 0 Å². The summed E-state index contributed by atoms with van der Waals surface area (Å²) in [5, 5.41) is 17.7. The van der Waals surface area contributed by atoms with Crippen LogP contribution in [-0.2, 0) is 0 Å². The Labute approximate surface area is 72.2 Å². The number of aliphatic hydroxyl groups excluding tert-OH is 2. The lowest BCUT2D eigenvalue weighted by atomic mass is 10.0. The van der Waals surface area contributed by atoms with Crippen LogP contribution >= 0.6 is 12.2 Å². The van der Waals surface area contributed by atoms with Crippen molar-refractivity contribution in [2.24, 2.45) is 5.73 Å². The first-order valence-corrected chi connectivity index (χ1v) is 4.14. The molecule has 66 valence electrons. The van der Waals surface area contributed by atoms with E-state index < -0.39 is 6.10 Å². The zero-order valence-corrected chi connectivity index (χ0v) is 7.47. The first kappa shape index (κ1) is 10.8. The molecule has 0 aliphatic heterocycles. The summed E-state index contributed by atoms with van der Waals surface area (Å²) < 4.78 is 0. The van der Waals surface area contributed by atoms with Crippen LogP contribution in [-0.4, -0.2) is 27.4 Å². The van der Waals surface area contributed by atoms with E-state index in [2.05, 4.69) is 12.2 Å². The first-order chi connectivity index (χ1) is 5.07. The third kappa shape index (κ3) is 5.12. The molecule has 0 heterocycles. The summed E-state index contributed by atoms with van der Waals surface area (Å²) in [5.74, 6) is 0. The molecule has 0 fully saturated rings. The average Bonchev–Trinajstić information content (AvgIpc) is 1.86. The molecule has 0 spiro atoms. The third-order valence-electron chi connectivity index (χ3n) is 1.50. The highest BCUT2D eigenvalue weighted by Crippen LogP contribution is 2.03. The molecule has 0 saturated heterocycles. The van der Waals surface area contributed by atoms with E-state index >= 15 is 0 Å². The highest BCUT2D eigenvalue weighted by Gasteiger charge is 2.14. The van der Waals surface area contributed by atoms with Crippen molar-refractivity contribution in [3.05, 3.63) is 0 Å². The minimum atomic E-state index is -0.701. The summed E-state index contributed by atoms with van der Waals surface area (Å²) in [7, 11) is 0. The van der Waals surface area contributed by atoms with Crippen molar-refractivity contribution >= 4 is 17.3 Å². The monoisotopic (exact) mass is 177 g/mol. The van der Waals surface area contributed by atoms with Crippen molar-refractivity contribution in [2.75, 3.05) is 0 Å². The SMILES string of the molecule is CCC[C@H](N)[C@@H](O)CC(O)=S. The van der Waals surface area contributed by atoms with Gasteiger partial charge in [-0.25, -0.2) is 0 Å². The molecule has 4 N–H and O–H groups in total. The summed E-state index contributed by atoms with van der Waals surface area (Å²) in [5.41, 5.74) is 5.56. The fourth-order valence-electron chi connectivity index (χ4n) is 0.856. The van der Waals surface area contributed by atoms with Gasteiger partial charge in [0.1, 0.15) is 0 Å². The molecular formula is C7H15NO2S. The second kappa shape index (κ2) is 5.46. The Balaban J connectivity index is 3.63. The number of hydrogen-bond donors (Lipinski definition) is 3. The first-order valence-electron chi connectivity index (χ1n) is 3.73. The van der Waals surface area contributed by atoms with Gasteiger partial charge in [0.2, 0.25) is 0 Å². The van der Waals surface area contributed by atoms with Crippen LogP contribution < -0.4 is 5.73 Å². The molecule has 0 aromatic heterocycles. The molecule has 3 nitrogen and oxygen atoms in total. The van der Waals surface area contributed by atoms with Crippen molar-refractivity contribution in [3.8, 4) is 0 Å². The predicted octanol–water partition coefficient (Wildman–Crippen LogP) is 0.750. The molecule has 0 saturated carbocycles. The van der Waals surface area contributed by atoms with Gasteiger partial charge < -0.3 is 15.9 Å². The van der Waals surface area contributed by atoms with Crippen LogP contribution in [0.3, 0.4) is 0 Å². The average molecular weight is 177 g/mol. The lowest BCUT2D eigenvalue weighted by molar-refractivity contribution is 0.143. The lowest BCUT2D eigenvalue weighted by Crippen LogP contribution is -2.35. The number of rotatable bonds is 5. The molecule has 0 bridgehead atoms. The summed E-state index contributed by atoms with van der Waals surface area (Å²) in [6.45, 7) is 1.99. The van der Waals surface area contributed by atoms with E-state index in [0.717, 1.165) is 12.8 Å². The molecule has 11 heavy (non-hydrogen) atoms. The molecule has 0 aromatic carbocycles. The molecule has 0 aliphatic rings. The largest absolute Gasteiger partial charge is 0.502 e. The third-order valence-corrected chi connectivity index (χ3v) is 1.67. The highest BCUT2D eigenvalue weighted by atomic mass is 32.1. The van der Waals surface area contributed by atoms with Gasteiger partial charge in [-0.05, 0) is 18.6 Å². The standard InChI is InChI=1S/C7H15NO2S/c1-2-3-5(8)6(9)4-7(10)11/h5-6,9H,2-4,8H2,1H3,(H,10,11)/t5-,6-/m0/s1. The summed E-state index contributed by atoms with van der Waals surface area (Å²) >= 11 is 4.42. The smallest absolute Gasteiger partial charge is 0.159 e. The Morgan fingerprint density at radius 3 is 2.55 bits per heavy atom. The van der Waals surface area contributed by atoms with Gasteiger partial charge in [-0.15, -0.1) is 0 Å². The van der Waals surface area contributed by atoms with Gasteiger partial charge in [-0.1, -0.05) is 13.3 Å². The van der Waals surface area contributed by atoms with Gasteiger partial charge in [-0.3, -0.25) is 0 Å². The van der Waals surface area contributed by atoms with Crippen LogP contribution in [0.15, 0.2) is 0 Å². The summed E-state index contributed by atoms with van der Waals surface area (Å²) in [6.07, 6.45) is 1.09. The number of nitrogens with two attached hydrogens (primary N) is 1. The van der Waals surface area contributed by atoms with E-state index in [4.69, 9.17) is 10.8 Å². The topological polar surface area (TPSA) is 66.5 Å². The molecule has 0 unspecified atom stereocenters. The molecule has 0 aromatic rings. The molecular weight excluding hydrogens is 162 g/mol. The van der Waals surface area contributed by atoms with Crippen LogP contribution in [0.25, 0.3) is 0 Å². The fraction of sp³-hybridized carbons (Fsp3) is 0.857. The second-order valence-electron chi connectivity index (χ2n) is 2.62. The molecule has 0 amide bonds. The van der Waals surface area contributed by atoms with E-state index in [9.17, 15) is 5.11 Å². The van der Waals surface area contributed by atoms with Gasteiger partial charge in [-0.2, -0.15) is 0 Å². The molecule has 4 heteroatoms. The van der Waals surface area contributed by atoms with Crippen LogP contribution in [0, 0.1) is 0 Å². The van der Waals surface area contributed by atoms with E-state index in [1.807, 2.05) is 6.92 Å². The zero-order valence-electron chi connectivity index (χ0n) is 6.66. The summed E-state index contributed by atoms with van der Waals surface area (Å²) in [6, 6.07) is -0.273. The number of hydrogen-bond acceptors (Lipinski definition) is 3. The Hall–Kier alpha value is -0.190. The van der Waals surface area contributed by atoms with Crippen molar-refractivity contribution in [1.29, 1.82) is 0 Å². The summed E-state index contributed by atoms with van der Waals surface area (Å²) in [4.78, 5) is 0. The maximum Gasteiger partial charge on any atom is 0.159 e. The normalized spacial score (nSPS) is 15.9. The zero-order chi connectivity index (χ0) is 8.85. The molecule has 0 rings (SSSR count). The molecule has 2 atom stereocenters. The van der Waals surface area contributed by atoms with E-state index in [-0.39, 0.29) is 17.5 Å². The second-order valence-corrected chi connectivity index (χ2v) is 3.09. The number of thiocarbonyl (C=S) groups is 1. The maximum atomic E-state index is 9.25. The molecule has 0 radical (unpaired) electrons. The predicted molar refractivity (Wildman–Crippen MR) is 48.7 cm³/mol. The van der Waals surface area contributed by atoms with Gasteiger partial charge in [0.25, 0.3) is 0 Å². The van der Waals surface area contributed by atoms with Crippen molar-refractivity contribution in [3.63, 3.8) is 0 Å². The maximum absolute atomic E-state index is 9.25. The van der Waals surface area contributed by atoms with Crippen molar-refractivity contribution < 1.29 is 10.2 Å². The quantitative estimate of drug-likeness (QED) is 0.542. The Bertz CT molecular complexity index is 130. The Kier molecular flexibility index (Phi) is 5.36. The lowest BCUT2D eigenvalue weighted by Gasteiger charge is -2.16. The minimum absolute atomic E-state index is 0.108. The van der Waals surface area contributed by atoms with E-state index in [0.29, 0.717) is 0 Å². The van der Waals surface area contributed by atoms with Gasteiger partial charge in [0.15, 0.2) is 5.05 Å². The molecule has 0 aliphatic carbocycles. The van der Waals surface area contributed by atoms with Crippen LogP contribution in [0.2, 0.25) is 0 Å². The van der Waals surface area contributed by atoms with Crippen LogP contribution in [0.5, 0.6) is 0 Å². The van der Waals surface area contributed by atoms with Crippen molar-refractivity contribution in [2.45, 2.75) is 38.3 Å². The highest BCUT2D eigenvalue weighted by molar-refractivity contribution is 7.80. The number of aliphatic hydroxyl groups is 2. The Morgan fingerprint density at radius 1 is 1.64 bits per heavy atom. The minimum Gasteiger partial charge on any atom is -0.502 e. The van der Waals surface area contributed by atoms with Gasteiger partial charge in [0, 0.05) is 12.5 Å². The van der Waals surface area contributed by atoms with E-state index in [1.165, 1.54) is 0 Å². The van der Waals surface area contributed by atoms with Gasteiger partial charge >= 0.3 is 0 Å². The van der Waals surface area contributed by atoms with Gasteiger partial charge in [0.05, 0.1) is 6.10 Å². The van der Waals surface area contributed by atoms with Crippen LogP contribution in [0.1, 0.15) is 26.2 Å².